The lowest BCUT2D eigenvalue weighted by Crippen LogP contribution is -2.48. The average molecular weight is 277 g/mol. The van der Waals surface area contributed by atoms with E-state index in [4.69, 9.17) is 0 Å². The van der Waals surface area contributed by atoms with Crippen LogP contribution < -0.4 is 5.32 Å². The summed E-state index contributed by atoms with van der Waals surface area (Å²) in [5, 5.41) is 3.07. The predicted octanol–water partition coefficient (Wildman–Crippen LogP) is 0.211. The minimum atomic E-state index is -0.121. The zero-order chi connectivity index (χ0) is 14.5. The molecule has 7 nitrogen and oxygen atoms in total. The number of anilines is 1. The van der Waals surface area contributed by atoms with Crippen LogP contribution in [-0.4, -0.2) is 64.3 Å². The van der Waals surface area contributed by atoms with Crippen LogP contribution in [0, 0.1) is 0 Å². The van der Waals surface area contributed by atoms with Gasteiger partial charge in [0.25, 0.3) is 5.91 Å². The molecule has 0 radical (unpaired) electrons. The van der Waals surface area contributed by atoms with Crippen LogP contribution in [0.1, 0.15) is 24.3 Å². The number of aromatic nitrogens is 2. The van der Waals surface area contributed by atoms with Gasteiger partial charge < -0.3 is 15.1 Å². The maximum atomic E-state index is 12.3. The third-order valence-electron chi connectivity index (χ3n) is 3.04. The van der Waals surface area contributed by atoms with E-state index >= 15 is 0 Å². The highest BCUT2D eigenvalue weighted by atomic mass is 16.2. The van der Waals surface area contributed by atoms with E-state index in [1.165, 1.54) is 0 Å². The van der Waals surface area contributed by atoms with Crippen molar-refractivity contribution < 1.29 is 9.59 Å². The second-order valence-electron chi connectivity index (χ2n) is 5.00. The summed E-state index contributed by atoms with van der Waals surface area (Å²) < 4.78 is 0. The van der Waals surface area contributed by atoms with Gasteiger partial charge in [0.15, 0.2) is 0 Å². The molecule has 1 aromatic heterocycles. The van der Waals surface area contributed by atoms with Crippen molar-refractivity contribution in [2.75, 3.05) is 31.5 Å². The minimum Gasteiger partial charge on any atom is -0.352 e. The van der Waals surface area contributed by atoms with Crippen molar-refractivity contribution in [2.24, 2.45) is 0 Å². The quantitative estimate of drug-likeness (QED) is 0.796. The fourth-order valence-corrected chi connectivity index (χ4v) is 2.00. The number of hydrogen-bond acceptors (Lipinski definition) is 5. The van der Waals surface area contributed by atoms with Crippen LogP contribution in [0.25, 0.3) is 0 Å². The molecule has 0 unspecified atom stereocenters. The largest absolute Gasteiger partial charge is 0.352 e. The second-order valence-corrected chi connectivity index (χ2v) is 5.00. The molecule has 1 fully saturated rings. The zero-order valence-electron chi connectivity index (χ0n) is 11.7. The van der Waals surface area contributed by atoms with E-state index in [9.17, 15) is 9.59 Å². The lowest BCUT2D eigenvalue weighted by atomic mass is 10.3. The van der Waals surface area contributed by atoms with Gasteiger partial charge in [0.05, 0.1) is 0 Å². The Labute approximate surface area is 118 Å². The highest BCUT2D eigenvalue weighted by molar-refractivity contribution is 5.92. The van der Waals surface area contributed by atoms with Crippen molar-refractivity contribution in [3.05, 3.63) is 18.0 Å². The maximum absolute atomic E-state index is 12.3. The van der Waals surface area contributed by atoms with E-state index in [1.807, 2.05) is 13.8 Å². The van der Waals surface area contributed by atoms with Gasteiger partial charge in [-0.15, -0.1) is 0 Å². The van der Waals surface area contributed by atoms with Gasteiger partial charge in [0, 0.05) is 38.4 Å². The van der Waals surface area contributed by atoms with Crippen LogP contribution >= 0.6 is 0 Å². The number of nitrogens with zero attached hydrogens (tertiary/aromatic N) is 4. The summed E-state index contributed by atoms with van der Waals surface area (Å²) in [5.74, 6) is 0.335. The zero-order valence-corrected chi connectivity index (χ0v) is 11.7. The molecule has 0 spiro atoms. The summed E-state index contributed by atoms with van der Waals surface area (Å²) in [4.78, 5) is 34.7. The summed E-state index contributed by atoms with van der Waals surface area (Å²) in [6.45, 7) is 6.17. The monoisotopic (exact) mass is 277 g/mol. The lowest BCUT2D eigenvalue weighted by molar-refractivity contribution is -0.119. The Morgan fingerprint density at radius 1 is 1.35 bits per heavy atom. The molecule has 20 heavy (non-hydrogen) atoms. The molecule has 0 aliphatic carbocycles. The second kappa shape index (κ2) is 6.31. The van der Waals surface area contributed by atoms with Gasteiger partial charge in [-0.1, -0.05) is 0 Å². The van der Waals surface area contributed by atoms with Gasteiger partial charge in [-0.3, -0.25) is 9.59 Å². The summed E-state index contributed by atoms with van der Waals surface area (Å²) in [5.41, 5.74) is 0.378. The molecule has 1 aliphatic rings. The molecular formula is C13H19N5O2. The Morgan fingerprint density at radius 3 is 2.65 bits per heavy atom. The number of hydrogen-bond donors (Lipinski definition) is 1. The first kappa shape index (κ1) is 14.2. The highest BCUT2D eigenvalue weighted by Crippen LogP contribution is 2.08. The first-order chi connectivity index (χ1) is 9.60. The Balaban J connectivity index is 2.04. The van der Waals surface area contributed by atoms with Crippen LogP contribution in [0.3, 0.4) is 0 Å². The molecule has 0 aromatic carbocycles. The van der Waals surface area contributed by atoms with Crippen LogP contribution in [0.4, 0.5) is 5.95 Å². The maximum Gasteiger partial charge on any atom is 0.272 e. The third-order valence-corrected chi connectivity index (χ3v) is 3.04. The van der Waals surface area contributed by atoms with Crippen LogP contribution in [0.2, 0.25) is 0 Å². The predicted molar refractivity (Wildman–Crippen MR) is 74.3 cm³/mol. The Kier molecular flexibility index (Phi) is 4.49. The van der Waals surface area contributed by atoms with Gasteiger partial charge in [-0.05, 0) is 19.9 Å². The van der Waals surface area contributed by atoms with Crippen molar-refractivity contribution in [3.63, 3.8) is 0 Å². The Morgan fingerprint density at radius 2 is 2.05 bits per heavy atom. The first-order valence-corrected chi connectivity index (χ1v) is 6.68. The molecule has 108 valence electrons. The molecule has 1 aliphatic heterocycles. The van der Waals surface area contributed by atoms with Crippen LogP contribution in [0.15, 0.2) is 12.3 Å². The number of amides is 2. The fraction of sp³-hybridized carbons (Fsp3) is 0.538. The van der Waals surface area contributed by atoms with Crippen molar-refractivity contribution >= 4 is 18.3 Å². The molecule has 1 saturated heterocycles. The van der Waals surface area contributed by atoms with Gasteiger partial charge in [0.2, 0.25) is 12.4 Å². The van der Waals surface area contributed by atoms with Crippen LogP contribution in [-0.2, 0) is 4.79 Å². The molecule has 0 saturated carbocycles. The SMILES string of the molecule is CC(C)Nc1nccc(C(=O)N2CCN(C=O)CC2)n1. The summed E-state index contributed by atoms with van der Waals surface area (Å²) in [6, 6.07) is 1.82. The molecular weight excluding hydrogens is 258 g/mol. The molecule has 1 N–H and O–H groups in total. The Bertz CT molecular complexity index is 483. The average Bonchev–Trinajstić information content (AvgIpc) is 2.46. The van der Waals surface area contributed by atoms with Crippen molar-refractivity contribution in [1.29, 1.82) is 0 Å². The van der Waals surface area contributed by atoms with Gasteiger partial charge >= 0.3 is 0 Å². The van der Waals surface area contributed by atoms with Crippen LogP contribution in [0.5, 0.6) is 0 Å². The van der Waals surface area contributed by atoms with E-state index in [1.54, 1.807) is 22.1 Å². The van der Waals surface area contributed by atoms with E-state index in [0.29, 0.717) is 37.8 Å². The molecule has 1 aromatic rings. The number of piperazine rings is 1. The molecule has 2 amide bonds. The van der Waals surface area contributed by atoms with E-state index in [-0.39, 0.29) is 11.9 Å². The van der Waals surface area contributed by atoms with E-state index in [0.717, 1.165) is 6.41 Å². The lowest BCUT2D eigenvalue weighted by Gasteiger charge is -2.32. The summed E-state index contributed by atoms with van der Waals surface area (Å²) in [7, 11) is 0. The molecule has 2 heterocycles. The van der Waals surface area contributed by atoms with Crippen molar-refractivity contribution in [2.45, 2.75) is 19.9 Å². The first-order valence-electron chi connectivity index (χ1n) is 6.68. The van der Waals surface area contributed by atoms with E-state index in [2.05, 4.69) is 15.3 Å². The van der Waals surface area contributed by atoms with Gasteiger partial charge in [-0.25, -0.2) is 9.97 Å². The fourth-order valence-electron chi connectivity index (χ4n) is 2.00. The summed E-state index contributed by atoms with van der Waals surface area (Å²) >= 11 is 0. The number of carbonyl (C=O) groups is 2. The van der Waals surface area contributed by atoms with Gasteiger partial charge in [-0.2, -0.15) is 0 Å². The molecule has 0 atom stereocenters. The molecule has 0 bridgehead atoms. The number of rotatable bonds is 4. The number of nitrogens with one attached hydrogen (secondary N) is 1. The topological polar surface area (TPSA) is 78.4 Å². The third kappa shape index (κ3) is 3.43. The van der Waals surface area contributed by atoms with E-state index < -0.39 is 0 Å². The summed E-state index contributed by atoms with van der Waals surface area (Å²) in [6.07, 6.45) is 2.39. The smallest absolute Gasteiger partial charge is 0.272 e. The normalized spacial score (nSPS) is 15.3. The van der Waals surface area contributed by atoms with Gasteiger partial charge in [0.1, 0.15) is 5.69 Å². The van der Waals surface area contributed by atoms with Crippen molar-refractivity contribution in [1.82, 2.24) is 19.8 Å². The highest BCUT2D eigenvalue weighted by Gasteiger charge is 2.22. The minimum absolute atomic E-state index is 0.121. The van der Waals surface area contributed by atoms with Crippen molar-refractivity contribution in [3.8, 4) is 0 Å². The Hall–Kier alpha value is -2.18. The standard InChI is InChI=1S/C13H19N5O2/c1-10(2)15-13-14-4-3-11(16-13)12(20)18-7-5-17(9-19)6-8-18/h3-4,9-10H,5-8H2,1-2H3,(H,14,15,16). The number of carbonyl (C=O) groups excluding carboxylic acids is 2. The molecule has 2 rings (SSSR count). The molecule has 7 heteroatoms.